The van der Waals surface area contributed by atoms with E-state index in [4.69, 9.17) is 32.9 Å². The molecule has 2 fully saturated rings. The van der Waals surface area contributed by atoms with Gasteiger partial charge < -0.3 is 29.4 Å². The predicted molar refractivity (Wildman–Crippen MR) is 143 cm³/mol. The molecule has 1 unspecified atom stereocenters. The number of aromatic nitrogens is 1. The number of rotatable bonds is 3. The molecular formula is C26H28Cl2FN5O4. The Morgan fingerprint density at radius 3 is 2.63 bits per heavy atom. The molecule has 2 aromatic rings. The maximum absolute atomic E-state index is 15.2. The van der Waals surface area contributed by atoms with Gasteiger partial charge in [0.05, 0.1) is 16.6 Å². The minimum absolute atomic E-state index is 0.0360. The first-order valence-electron chi connectivity index (χ1n) is 12.3. The third-order valence-corrected chi connectivity index (χ3v) is 7.99. The summed E-state index contributed by atoms with van der Waals surface area (Å²) in [6.07, 6.45) is 1.25. The summed E-state index contributed by atoms with van der Waals surface area (Å²) in [5.74, 6) is -1.46. The van der Waals surface area contributed by atoms with Crippen LogP contribution in [0.25, 0.3) is 11.3 Å². The summed E-state index contributed by atoms with van der Waals surface area (Å²) in [6.45, 7) is 8.53. The second kappa shape index (κ2) is 10.2. The van der Waals surface area contributed by atoms with E-state index in [1.165, 1.54) is 18.2 Å². The molecule has 0 bridgehead atoms. The van der Waals surface area contributed by atoms with Gasteiger partial charge in [0.1, 0.15) is 34.5 Å². The van der Waals surface area contributed by atoms with Crippen LogP contribution in [0, 0.1) is 5.82 Å². The number of ether oxygens (including phenoxy) is 1. The number of piperazine rings is 2. The number of hydrogen-bond acceptors (Lipinski definition) is 7. The summed E-state index contributed by atoms with van der Waals surface area (Å²) in [5, 5.41) is 10.3. The molecule has 4 heterocycles. The van der Waals surface area contributed by atoms with E-state index in [0.717, 1.165) is 6.54 Å². The van der Waals surface area contributed by atoms with Crippen LogP contribution in [0.5, 0.6) is 11.5 Å². The van der Waals surface area contributed by atoms with Gasteiger partial charge in [0.15, 0.2) is 11.6 Å². The Labute approximate surface area is 230 Å². The number of carbonyl (C=O) groups excluding carboxylic acids is 2. The second-order valence-corrected chi connectivity index (χ2v) is 10.6. The van der Waals surface area contributed by atoms with Crippen molar-refractivity contribution in [3.8, 4) is 22.8 Å². The third kappa shape index (κ3) is 4.44. The highest BCUT2D eigenvalue weighted by Crippen LogP contribution is 2.47. The van der Waals surface area contributed by atoms with Crippen molar-refractivity contribution in [3.63, 3.8) is 0 Å². The van der Waals surface area contributed by atoms with Crippen LogP contribution in [0.1, 0.15) is 17.3 Å². The Hall–Kier alpha value is -3.08. The van der Waals surface area contributed by atoms with Crippen LogP contribution in [-0.2, 0) is 4.79 Å². The van der Waals surface area contributed by atoms with E-state index in [2.05, 4.69) is 11.5 Å². The fraction of sp³-hybridized carbons (Fsp3) is 0.423. The van der Waals surface area contributed by atoms with Gasteiger partial charge in [0, 0.05) is 45.3 Å². The monoisotopic (exact) mass is 563 g/mol. The van der Waals surface area contributed by atoms with E-state index in [1.807, 2.05) is 18.9 Å². The zero-order valence-corrected chi connectivity index (χ0v) is 22.6. The van der Waals surface area contributed by atoms with Crippen LogP contribution in [0.4, 0.5) is 10.2 Å². The topological polar surface area (TPSA) is 89.5 Å². The van der Waals surface area contributed by atoms with Gasteiger partial charge in [0.2, 0.25) is 5.91 Å². The van der Waals surface area contributed by atoms with Gasteiger partial charge in [-0.15, -0.1) is 0 Å². The van der Waals surface area contributed by atoms with Crippen molar-refractivity contribution in [2.75, 3.05) is 57.8 Å². The minimum Gasteiger partial charge on any atom is -0.507 e. The van der Waals surface area contributed by atoms with E-state index in [-0.39, 0.29) is 63.6 Å². The Kier molecular flexibility index (Phi) is 7.15. The Bertz CT molecular complexity index is 1330. The maximum atomic E-state index is 15.2. The smallest absolute Gasteiger partial charge is 0.261 e. The summed E-state index contributed by atoms with van der Waals surface area (Å²) in [6, 6.07) is 2.04. The van der Waals surface area contributed by atoms with Crippen molar-refractivity contribution in [2.45, 2.75) is 19.0 Å². The van der Waals surface area contributed by atoms with Gasteiger partial charge in [-0.1, -0.05) is 29.8 Å². The molecule has 38 heavy (non-hydrogen) atoms. The van der Waals surface area contributed by atoms with Gasteiger partial charge in [-0.25, -0.2) is 9.37 Å². The number of phenolic OH excluding ortho intramolecular Hbond substituents is 1. The third-order valence-electron chi connectivity index (χ3n) is 7.35. The largest absolute Gasteiger partial charge is 0.507 e. The molecule has 2 amide bonds. The highest BCUT2D eigenvalue weighted by atomic mass is 35.5. The number of pyridine rings is 1. The van der Waals surface area contributed by atoms with Gasteiger partial charge in [-0.3, -0.25) is 9.59 Å². The molecule has 1 N–H and O–H groups in total. The lowest BCUT2D eigenvalue weighted by Gasteiger charge is -2.41. The van der Waals surface area contributed by atoms with Crippen molar-refractivity contribution in [3.05, 3.63) is 46.2 Å². The first-order valence-corrected chi connectivity index (χ1v) is 13.1. The number of phenols is 1. The summed E-state index contributed by atoms with van der Waals surface area (Å²) in [7, 11) is 2.01. The number of fused-ring (bicyclic) bond motifs is 2. The number of hydrogen-bond donors (Lipinski definition) is 1. The fourth-order valence-corrected chi connectivity index (χ4v) is 5.81. The number of benzene rings is 1. The fourth-order valence-electron chi connectivity index (χ4n) is 5.37. The number of likely N-dealkylation sites (N-methyl/N-ethyl adjacent to an activating group) is 1. The van der Waals surface area contributed by atoms with Crippen LogP contribution in [-0.4, -0.2) is 102 Å². The lowest BCUT2D eigenvalue weighted by atomic mass is 10.0. The Morgan fingerprint density at radius 2 is 1.92 bits per heavy atom. The van der Waals surface area contributed by atoms with Crippen molar-refractivity contribution in [1.82, 2.24) is 19.7 Å². The summed E-state index contributed by atoms with van der Waals surface area (Å²) in [4.78, 5) is 38.5. The minimum atomic E-state index is -0.880. The highest BCUT2D eigenvalue weighted by Gasteiger charge is 2.41. The van der Waals surface area contributed by atoms with Crippen LogP contribution in [0.15, 0.2) is 24.8 Å². The lowest BCUT2D eigenvalue weighted by Crippen LogP contribution is -2.57. The van der Waals surface area contributed by atoms with Crippen molar-refractivity contribution in [1.29, 1.82) is 0 Å². The molecule has 0 saturated carbocycles. The molecule has 202 valence electrons. The molecule has 1 aromatic heterocycles. The van der Waals surface area contributed by atoms with E-state index in [9.17, 15) is 14.7 Å². The summed E-state index contributed by atoms with van der Waals surface area (Å²) < 4.78 is 21.4. The first-order chi connectivity index (χ1) is 18.1. The number of halogens is 3. The second-order valence-electron chi connectivity index (χ2n) is 9.81. The van der Waals surface area contributed by atoms with Gasteiger partial charge in [0.25, 0.3) is 5.91 Å². The van der Waals surface area contributed by atoms with Crippen molar-refractivity contribution in [2.24, 2.45) is 0 Å². The zero-order valence-electron chi connectivity index (χ0n) is 21.1. The zero-order chi connectivity index (χ0) is 27.3. The number of nitrogens with zero attached hydrogens (tertiary/aromatic N) is 5. The summed E-state index contributed by atoms with van der Waals surface area (Å²) >= 11 is 12.8. The highest BCUT2D eigenvalue weighted by molar-refractivity contribution is 6.36. The standard InChI is InChI=1S/C26H28Cl2FN5O4/c1-4-18(36)32-8-10-34-15(12-32)13-38-24-20(26(34)37)25(33-9-7-31(3)11-14(33)2)30-23(21(24)28)19-17(35)6-5-16(27)22(19)29/h4-6,14-15,35H,1,7-13H2,2-3H3/t14-,15?/m0/s1. The van der Waals surface area contributed by atoms with Crippen LogP contribution < -0.4 is 9.64 Å². The van der Waals surface area contributed by atoms with Crippen molar-refractivity contribution >= 4 is 40.8 Å². The molecule has 3 aliphatic heterocycles. The van der Waals surface area contributed by atoms with Gasteiger partial charge in [-0.05, 0) is 32.2 Å². The molecule has 2 atom stereocenters. The van der Waals surface area contributed by atoms with E-state index < -0.39 is 17.6 Å². The molecule has 2 saturated heterocycles. The molecule has 0 aliphatic carbocycles. The molecular weight excluding hydrogens is 536 g/mol. The lowest BCUT2D eigenvalue weighted by molar-refractivity contribution is -0.128. The average Bonchev–Trinajstić information content (AvgIpc) is 3.04. The normalized spacial score (nSPS) is 21.9. The number of anilines is 1. The number of amides is 2. The molecule has 12 heteroatoms. The van der Waals surface area contributed by atoms with Crippen molar-refractivity contribution < 1.29 is 23.8 Å². The first kappa shape index (κ1) is 26.5. The Balaban J connectivity index is 1.68. The number of aromatic hydroxyl groups is 1. The molecule has 9 nitrogen and oxygen atoms in total. The number of carbonyl (C=O) groups is 2. The molecule has 0 radical (unpaired) electrons. The van der Waals surface area contributed by atoms with E-state index in [0.29, 0.717) is 32.0 Å². The molecule has 1 aromatic carbocycles. The van der Waals surface area contributed by atoms with E-state index in [1.54, 1.807) is 9.80 Å². The molecule has 3 aliphatic rings. The van der Waals surface area contributed by atoms with Crippen LogP contribution >= 0.6 is 23.2 Å². The summed E-state index contributed by atoms with van der Waals surface area (Å²) in [5.41, 5.74) is -0.155. The maximum Gasteiger partial charge on any atom is 0.261 e. The van der Waals surface area contributed by atoms with Gasteiger partial charge >= 0.3 is 0 Å². The predicted octanol–water partition coefficient (Wildman–Crippen LogP) is 3.27. The molecule has 0 spiro atoms. The quantitative estimate of drug-likeness (QED) is 0.573. The van der Waals surface area contributed by atoms with Gasteiger partial charge in [-0.2, -0.15) is 0 Å². The van der Waals surface area contributed by atoms with Crippen LogP contribution in [0.2, 0.25) is 10.0 Å². The molecule has 5 rings (SSSR count). The Morgan fingerprint density at radius 1 is 1.18 bits per heavy atom. The van der Waals surface area contributed by atoms with E-state index >= 15 is 4.39 Å². The SMILES string of the molecule is C=CC(=O)N1CCN2C(=O)c3c(N4CCN(C)C[C@@H]4C)nc(-c4c(O)ccc(Cl)c4F)c(Cl)c3OCC2C1. The van der Waals surface area contributed by atoms with Crippen LogP contribution in [0.3, 0.4) is 0 Å². The average molecular weight is 564 g/mol.